The maximum Gasteiger partial charge on any atom is 0.224 e. The molecule has 1 atom stereocenters. The first kappa shape index (κ1) is 18.5. The van der Waals surface area contributed by atoms with Crippen molar-refractivity contribution in [2.75, 3.05) is 13.6 Å². The van der Waals surface area contributed by atoms with Crippen LogP contribution in [0.25, 0.3) is 0 Å². The van der Waals surface area contributed by atoms with Gasteiger partial charge >= 0.3 is 0 Å². The maximum absolute atomic E-state index is 12.5. The third-order valence-electron chi connectivity index (χ3n) is 5.33. The van der Waals surface area contributed by atoms with Crippen molar-refractivity contribution in [3.8, 4) is 0 Å². The fourth-order valence-electron chi connectivity index (χ4n) is 3.68. The number of aromatic nitrogens is 4. The Kier molecular flexibility index (Phi) is 5.36. The highest BCUT2D eigenvalue weighted by atomic mass is 16.1. The number of amides is 1. The Morgan fingerprint density at radius 3 is 2.69 bits per heavy atom. The maximum atomic E-state index is 12.5. The summed E-state index contributed by atoms with van der Waals surface area (Å²) < 4.78 is 1.82. The fourth-order valence-corrected chi connectivity index (χ4v) is 3.68. The lowest BCUT2D eigenvalue weighted by atomic mass is 10.1. The molecule has 0 bridgehead atoms. The van der Waals surface area contributed by atoms with Crippen molar-refractivity contribution in [3.05, 3.63) is 40.2 Å². The van der Waals surface area contributed by atoms with Crippen LogP contribution < -0.4 is 5.32 Å². The first-order chi connectivity index (χ1) is 12.4. The molecule has 140 valence electrons. The van der Waals surface area contributed by atoms with Crippen LogP contribution in [0.5, 0.6) is 0 Å². The number of likely N-dealkylation sites (tertiary alicyclic amines) is 1. The zero-order valence-corrected chi connectivity index (χ0v) is 16.3. The van der Waals surface area contributed by atoms with E-state index in [1.54, 1.807) is 0 Å². The average Bonchev–Trinajstić information content (AvgIpc) is 3.12. The molecular formula is C19H28N6O. The van der Waals surface area contributed by atoms with Gasteiger partial charge in [0.05, 0.1) is 23.9 Å². The molecule has 3 heterocycles. The summed E-state index contributed by atoms with van der Waals surface area (Å²) in [5.74, 6) is 0.771. The second-order valence-electron chi connectivity index (χ2n) is 7.19. The summed E-state index contributed by atoms with van der Waals surface area (Å²) in [7, 11) is 4.03. The molecule has 2 aromatic heterocycles. The number of hydrogen-bond donors (Lipinski definition) is 1. The van der Waals surface area contributed by atoms with E-state index in [0.29, 0.717) is 19.0 Å². The summed E-state index contributed by atoms with van der Waals surface area (Å²) in [5, 5.41) is 7.41. The predicted molar refractivity (Wildman–Crippen MR) is 99.6 cm³/mol. The summed E-state index contributed by atoms with van der Waals surface area (Å²) in [4.78, 5) is 23.8. The standard InChI is InChI=1S/C19H28N6O/c1-12-16(13(2)25(5)23-12)9-18(26)21-11-15-10-20-14(3)22-19(15)17-7-6-8-24(17)4/h10,17H,6-9,11H2,1-5H3,(H,21,26)/t17-/m0/s1. The number of aryl methyl sites for hydroxylation is 3. The zero-order chi connectivity index (χ0) is 18.8. The van der Waals surface area contributed by atoms with Gasteiger partial charge < -0.3 is 5.32 Å². The van der Waals surface area contributed by atoms with Crippen molar-refractivity contribution in [1.82, 2.24) is 30.0 Å². The fraction of sp³-hybridized carbons (Fsp3) is 0.579. The summed E-state index contributed by atoms with van der Waals surface area (Å²) in [6.45, 7) is 7.38. The van der Waals surface area contributed by atoms with Crippen LogP contribution >= 0.6 is 0 Å². The lowest BCUT2D eigenvalue weighted by Crippen LogP contribution is -2.27. The van der Waals surface area contributed by atoms with E-state index in [0.717, 1.165) is 47.0 Å². The molecule has 7 nitrogen and oxygen atoms in total. The van der Waals surface area contributed by atoms with Gasteiger partial charge in [-0.05, 0) is 47.2 Å². The first-order valence-corrected chi connectivity index (χ1v) is 9.15. The largest absolute Gasteiger partial charge is 0.352 e. The smallest absolute Gasteiger partial charge is 0.224 e. The number of nitrogens with one attached hydrogen (secondary N) is 1. The van der Waals surface area contributed by atoms with Gasteiger partial charge in [0.15, 0.2) is 0 Å². The van der Waals surface area contributed by atoms with Gasteiger partial charge in [0.1, 0.15) is 5.82 Å². The Balaban J connectivity index is 1.70. The van der Waals surface area contributed by atoms with Crippen molar-refractivity contribution in [1.29, 1.82) is 0 Å². The molecule has 7 heteroatoms. The van der Waals surface area contributed by atoms with Crippen molar-refractivity contribution in [2.45, 2.75) is 52.6 Å². The molecule has 1 aliphatic heterocycles. The monoisotopic (exact) mass is 356 g/mol. The van der Waals surface area contributed by atoms with Gasteiger partial charge in [0.2, 0.25) is 5.91 Å². The van der Waals surface area contributed by atoms with E-state index >= 15 is 0 Å². The molecule has 1 fully saturated rings. The Morgan fingerprint density at radius 1 is 1.31 bits per heavy atom. The average molecular weight is 356 g/mol. The molecule has 2 aromatic rings. The van der Waals surface area contributed by atoms with Gasteiger partial charge in [-0.15, -0.1) is 0 Å². The third-order valence-corrected chi connectivity index (χ3v) is 5.33. The van der Waals surface area contributed by atoms with Crippen LogP contribution in [-0.4, -0.2) is 44.1 Å². The summed E-state index contributed by atoms with van der Waals surface area (Å²) >= 11 is 0. The van der Waals surface area contributed by atoms with Crippen molar-refractivity contribution < 1.29 is 4.79 Å². The molecule has 26 heavy (non-hydrogen) atoms. The highest BCUT2D eigenvalue weighted by Gasteiger charge is 2.26. The van der Waals surface area contributed by atoms with E-state index in [4.69, 9.17) is 0 Å². The van der Waals surface area contributed by atoms with E-state index in [1.165, 1.54) is 6.42 Å². The van der Waals surface area contributed by atoms with Crippen LogP contribution in [0.3, 0.4) is 0 Å². The second-order valence-corrected chi connectivity index (χ2v) is 7.19. The lowest BCUT2D eigenvalue weighted by molar-refractivity contribution is -0.120. The van der Waals surface area contributed by atoms with Gasteiger partial charge in [0, 0.05) is 36.6 Å². The number of nitrogens with zero attached hydrogens (tertiary/aromatic N) is 5. The molecule has 0 unspecified atom stereocenters. The van der Waals surface area contributed by atoms with E-state index in [1.807, 2.05) is 38.7 Å². The Morgan fingerprint density at radius 2 is 2.08 bits per heavy atom. The quantitative estimate of drug-likeness (QED) is 0.883. The molecule has 0 saturated carbocycles. The minimum Gasteiger partial charge on any atom is -0.352 e. The minimum absolute atomic E-state index is 0.00417. The number of hydrogen-bond acceptors (Lipinski definition) is 5. The lowest BCUT2D eigenvalue weighted by Gasteiger charge is -2.21. The van der Waals surface area contributed by atoms with Crippen molar-refractivity contribution in [2.24, 2.45) is 7.05 Å². The van der Waals surface area contributed by atoms with E-state index in [9.17, 15) is 4.79 Å². The SMILES string of the molecule is Cc1ncc(CNC(=O)Cc2c(C)nn(C)c2C)c([C@@H]2CCCN2C)n1. The van der Waals surface area contributed by atoms with Gasteiger partial charge in [-0.2, -0.15) is 5.10 Å². The van der Waals surface area contributed by atoms with Gasteiger partial charge in [-0.3, -0.25) is 14.4 Å². The van der Waals surface area contributed by atoms with Crippen LogP contribution in [0.2, 0.25) is 0 Å². The molecule has 1 saturated heterocycles. The number of rotatable bonds is 5. The summed E-state index contributed by atoms with van der Waals surface area (Å²) in [6, 6.07) is 0.311. The van der Waals surface area contributed by atoms with Crippen molar-refractivity contribution in [3.63, 3.8) is 0 Å². The summed E-state index contributed by atoms with van der Waals surface area (Å²) in [5.41, 5.74) is 4.99. The predicted octanol–water partition coefficient (Wildman–Crippen LogP) is 1.76. The minimum atomic E-state index is -0.00417. The van der Waals surface area contributed by atoms with Gasteiger partial charge in [-0.25, -0.2) is 9.97 Å². The molecule has 0 spiro atoms. The van der Waals surface area contributed by atoms with Crippen LogP contribution in [0.1, 0.15) is 52.9 Å². The van der Waals surface area contributed by atoms with Gasteiger partial charge in [-0.1, -0.05) is 0 Å². The normalized spacial score (nSPS) is 17.7. The third kappa shape index (κ3) is 3.77. The molecule has 0 radical (unpaired) electrons. The molecule has 0 aliphatic carbocycles. The van der Waals surface area contributed by atoms with Crippen LogP contribution in [-0.2, 0) is 24.8 Å². The highest BCUT2D eigenvalue weighted by Crippen LogP contribution is 2.31. The van der Waals surface area contributed by atoms with Crippen molar-refractivity contribution >= 4 is 5.91 Å². The first-order valence-electron chi connectivity index (χ1n) is 9.15. The Labute approximate surface area is 154 Å². The summed E-state index contributed by atoms with van der Waals surface area (Å²) in [6.07, 6.45) is 4.47. The van der Waals surface area contributed by atoms with E-state index in [-0.39, 0.29) is 5.91 Å². The second kappa shape index (κ2) is 7.53. The highest BCUT2D eigenvalue weighted by molar-refractivity contribution is 5.79. The van der Waals surface area contributed by atoms with Crippen LogP contribution in [0.4, 0.5) is 0 Å². The zero-order valence-electron chi connectivity index (χ0n) is 16.3. The van der Waals surface area contributed by atoms with Crippen LogP contribution in [0.15, 0.2) is 6.20 Å². The number of carbonyl (C=O) groups is 1. The molecule has 0 aromatic carbocycles. The Hall–Kier alpha value is -2.28. The molecule has 1 N–H and O–H groups in total. The number of carbonyl (C=O) groups excluding carboxylic acids is 1. The van der Waals surface area contributed by atoms with Crippen LogP contribution in [0, 0.1) is 20.8 Å². The topological polar surface area (TPSA) is 75.9 Å². The molecule has 1 aliphatic rings. The molecule has 1 amide bonds. The Bertz CT molecular complexity index is 813. The van der Waals surface area contributed by atoms with E-state index in [2.05, 4.69) is 32.3 Å². The van der Waals surface area contributed by atoms with Gasteiger partial charge in [0.25, 0.3) is 0 Å². The van der Waals surface area contributed by atoms with E-state index < -0.39 is 0 Å². The molecule has 3 rings (SSSR count). The molecular weight excluding hydrogens is 328 g/mol.